The van der Waals surface area contributed by atoms with Gasteiger partial charge in [-0.05, 0) is 6.92 Å². The van der Waals surface area contributed by atoms with Crippen molar-refractivity contribution in [2.24, 2.45) is 5.84 Å². The van der Waals surface area contributed by atoms with E-state index in [2.05, 4.69) is 20.7 Å². The summed E-state index contributed by atoms with van der Waals surface area (Å²) in [6.45, 7) is 2.47. The minimum Gasteiger partial charge on any atom is -0.353 e. The van der Waals surface area contributed by atoms with Gasteiger partial charge in [0.15, 0.2) is 0 Å². The van der Waals surface area contributed by atoms with E-state index >= 15 is 0 Å². The monoisotopic (exact) mass is 267 g/mol. The summed E-state index contributed by atoms with van der Waals surface area (Å²) >= 11 is 0. The van der Waals surface area contributed by atoms with Gasteiger partial charge in [-0.3, -0.25) is 20.3 Å². The number of aromatic nitrogens is 2. The van der Waals surface area contributed by atoms with Crippen molar-refractivity contribution >= 4 is 23.4 Å². The minimum absolute atomic E-state index is 0.0544. The Balaban J connectivity index is 2.46. The molecule has 0 saturated carbocycles. The second-order valence-electron chi connectivity index (χ2n) is 3.96. The molecule has 19 heavy (non-hydrogen) atoms. The maximum atomic E-state index is 11.6. The smallest absolute Gasteiger partial charge is 0.329 e. The average Bonchev–Trinajstić information content (AvgIpc) is 2.41. The second kappa shape index (κ2) is 5.02. The van der Waals surface area contributed by atoms with Gasteiger partial charge in [-0.25, -0.2) is 10.8 Å². The van der Waals surface area contributed by atoms with Crippen LogP contribution in [-0.4, -0.2) is 39.9 Å². The summed E-state index contributed by atoms with van der Waals surface area (Å²) < 4.78 is 0. The molecule has 1 aliphatic rings. The summed E-state index contributed by atoms with van der Waals surface area (Å²) in [5.74, 6) is 5.12. The molecule has 0 bridgehead atoms. The Morgan fingerprint density at radius 1 is 1.68 bits per heavy atom. The third kappa shape index (κ3) is 2.38. The van der Waals surface area contributed by atoms with Crippen LogP contribution in [0.5, 0.6) is 0 Å². The number of hydrogen-bond acceptors (Lipinski definition) is 8. The highest BCUT2D eigenvalue weighted by atomic mass is 16.6. The predicted octanol–water partition coefficient (Wildman–Crippen LogP) is -1.00. The molecular weight excluding hydrogens is 254 g/mol. The number of piperazine rings is 1. The number of nitro groups is 1. The highest BCUT2D eigenvalue weighted by molar-refractivity contribution is 5.86. The van der Waals surface area contributed by atoms with Crippen molar-refractivity contribution in [3.05, 3.63) is 16.3 Å². The van der Waals surface area contributed by atoms with Gasteiger partial charge in [-0.1, -0.05) is 0 Å². The highest BCUT2D eigenvalue weighted by Crippen LogP contribution is 2.28. The number of amides is 1. The molecule has 0 aromatic carbocycles. The number of nitrogen functional groups attached to an aromatic ring is 1. The molecule has 0 spiro atoms. The van der Waals surface area contributed by atoms with Gasteiger partial charge in [0.05, 0.1) is 4.92 Å². The van der Waals surface area contributed by atoms with E-state index in [0.29, 0.717) is 13.1 Å². The molecule has 1 amide bonds. The minimum atomic E-state index is -0.588. The van der Waals surface area contributed by atoms with Crippen LogP contribution in [0.4, 0.5) is 17.5 Å². The van der Waals surface area contributed by atoms with Gasteiger partial charge in [0, 0.05) is 13.1 Å². The van der Waals surface area contributed by atoms with Crippen LogP contribution >= 0.6 is 0 Å². The number of nitrogens with two attached hydrogens (primary N) is 1. The van der Waals surface area contributed by atoms with E-state index in [9.17, 15) is 14.9 Å². The van der Waals surface area contributed by atoms with Gasteiger partial charge in [0.25, 0.3) is 0 Å². The van der Waals surface area contributed by atoms with E-state index in [4.69, 9.17) is 5.84 Å². The average molecular weight is 267 g/mol. The Morgan fingerprint density at radius 3 is 3.05 bits per heavy atom. The summed E-state index contributed by atoms with van der Waals surface area (Å²) in [7, 11) is 0. The fourth-order valence-electron chi connectivity index (χ4n) is 1.85. The summed E-state index contributed by atoms with van der Waals surface area (Å²) in [6.07, 6.45) is 1.07. The lowest BCUT2D eigenvalue weighted by atomic mass is 10.2. The summed E-state index contributed by atoms with van der Waals surface area (Å²) in [5.41, 5.74) is 1.96. The summed E-state index contributed by atoms with van der Waals surface area (Å²) in [4.78, 5) is 31.3. The maximum absolute atomic E-state index is 11.6. The van der Waals surface area contributed by atoms with E-state index in [-0.39, 0.29) is 23.4 Å². The number of carbonyl (C=O) groups is 1. The van der Waals surface area contributed by atoms with Crippen LogP contribution in [0.15, 0.2) is 6.20 Å². The quantitative estimate of drug-likeness (QED) is 0.360. The van der Waals surface area contributed by atoms with Crippen LogP contribution in [0.3, 0.4) is 0 Å². The Hall–Kier alpha value is -2.49. The fraction of sp³-hybridized carbons (Fsp3) is 0.444. The zero-order chi connectivity index (χ0) is 14.0. The lowest BCUT2D eigenvalue weighted by Crippen LogP contribution is -2.54. The molecule has 2 heterocycles. The normalized spacial score (nSPS) is 18.9. The van der Waals surface area contributed by atoms with Gasteiger partial charge in [-0.15, -0.1) is 0 Å². The Bertz CT molecular complexity index is 521. The van der Waals surface area contributed by atoms with Gasteiger partial charge >= 0.3 is 5.69 Å². The van der Waals surface area contributed by atoms with Crippen molar-refractivity contribution in [2.45, 2.75) is 13.0 Å². The van der Waals surface area contributed by atoms with E-state index in [1.807, 2.05) is 0 Å². The lowest BCUT2D eigenvalue weighted by Gasteiger charge is -2.33. The molecule has 2 rings (SSSR count). The van der Waals surface area contributed by atoms with E-state index in [1.54, 1.807) is 11.8 Å². The van der Waals surface area contributed by atoms with E-state index in [1.165, 1.54) is 0 Å². The third-order valence-corrected chi connectivity index (χ3v) is 2.85. The molecule has 1 aromatic heterocycles. The van der Waals surface area contributed by atoms with E-state index < -0.39 is 11.0 Å². The van der Waals surface area contributed by atoms with Gasteiger partial charge < -0.3 is 10.2 Å². The van der Waals surface area contributed by atoms with Gasteiger partial charge in [-0.2, -0.15) is 4.98 Å². The maximum Gasteiger partial charge on any atom is 0.329 e. The molecule has 10 nitrogen and oxygen atoms in total. The first kappa shape index (κ1) is 13.0. The predicted molar refractivity (Wildman–Crippen MR) is 66.3 cm³/mol. The fourth-order valence-corrected chi connectivity index (χ4v) is 1.85. The van der Waals surface area contributed by atoms with Crippen LogP contribution in [-0.2, 0) is 4.79 Å². The van der Waals surface area contributed by atoms with Gasteiger partial charge in [0.1, 0.15) is 12.2 Å². The Kier molecular flexibility index (Phi) is 3.42. The van der Waals surface area contributed by atoms with Crippen molar-refractivity contribution < 1.29 is 9.72 Å². The third-order valence-electron chi connectivity index (χ3n) is 2.85. The van der Waals surface area contributed by atoms with Crippen LogP contribution in [0, 0.1) is 10.1 Å². The lowest BCUT2D eigenvalue weighted by molar-refractivity contribution is -0.384. The number of hydrazine groups is 1. The van der Waals surface area contributed by atoms with Crippen LogP contribution in [0.1, 0.15) is 6.92 Å². The van der Waals surface area contributed by atoms with Gasteiger partial charge in [0.2, 0.25) is 17.7 Å². The molecule has 1 fully saturated rings. The Morgan fingerprint density at radius 2 is 2.42 bits per heavy atom. The molecule has 10 heteroatoms. The van der Waals surface area contributed by atoms with Crippen molar-refractivity contribution in [3.8, 4) is 0 Å². The molecule has 102 valence electrons. The molecule has 1 atom stereocenters. The number of nitrogens with zero attached hydrogens (tertiary/aromatic N) is 4. The number of carbonyl (C=O) groups excluding carboxylic acids is 1. The largest absolute Gasteiger partial charge is 0.353 e. The molecule has 0 aliphatic carbocycles. The van der Waals surface area contributed by atoms with Crippen molar-refractivity contribution in [2.75, 3.05) is 23.4 Å². The molecule has 1 aliphatic heterocycles. The van der Waals surface area contributed by atoms with Crippen LogP contribution < -0.4 is 21.5 Å². The van der Waals surface area contributed by atoms with Crippen molar-refractivity contribution in [3.63, 3.8) is 0 Å². The number of rotatable bonds is 3. The topological polar surface area (TPSA) is 139 Å². The number of hydrogen-bond donors (Lipinski definition) is 3. The molecular formula is C9H13N7O3. The number of nitrogens with one attached hydrogen (secondary N) is 2. The zero-order valence-corrected chi connectivity index (χ0v) is 10.2. The summed E-state index contributed by atoms with van der Waals surface area (Å²) in [6, 6.07) is -0.548. The van der Waals surface area contributed by atoms with Crippen LogP contribution in [0.2, 0.25) is 0 Å². The highest BCUT2D eigenvalue weighted by Gasteiger charge is 2.32. The second-order valence-corrected chi connectivity index (χ2v) is 3.96. The zero-order valence-electron chi connectivity index (χ0n) is 10.2. The first-order valence-electron chi connectivity index (χ1n) is 5.57. The Labute approximate surface area is 108 Å². The van der Waals surface area contributed by atoms with Crippen LogP contribution in [0.25, 0.3) is 0 Å². The SMILES string of the molecule is CC1C(=O)NCCN1c1nc(NN)ncc1[N+](=O)[O-]. The molecule has 0 radical (unpaired) electrons. The van der Waals surface area contributed by atoms with Crippen molar-refractivity contribution in [1.29, 1.82) is 0 Å². The first-order valence-corrected chi connectivity index (χ1v) is 5.57. The summed E-state index contributed by atoms with van der Waals surface area (Å²) in [5, 5.41) is 13.7. The molecule has 1 unspecified atom stereocenters. The number of anilines is 2. The van der Waals surface area contributed by atoms with E-state index in [0.717, 1.165) is 6.20 Å². The molecule has 1 aromatic rings. The molecule has 4 N–H and O–H groups in total. The van der Waals surface area contributed by atoms with Crippen molar-refractivity contribution in [1.82, 2.24) is 15.3 Å². The standard InChI is InChI=1S/C9H13N7O3/c1-5-8(17)11-2-3-15(5)7-6(16(18)19)4-12-9(13-7)14-10/h4-5H,2-3,10H2,1H3,(H,11,17)(H,12,13,14). The first-order chi connectivity index (χ1) is 9.04. The molecule has 1 saturated heterocycles.